The van der Waals surface area contributed by atoms with Gasteiger partial charge in [-0.05, 0) is 25.7 Å². The molecular formula is C22H36O4. The average Bonchev–Trinajstić information content (AvgIpc) is 2.64. The van der Waals surface area contributed by atoms with Crippen LogP contribution in [0.2, 0.25) is 0 Å². The zero-order valence-corrected chi connectivity index (χ0v) is 16.7. The fourth-order valence-corrected chi connectivity index (χ4v) is 3.21. The Hall–Kier alpha value is -1.58. The first kappa shape index (κ1) is 22.5. The first-order valence-electron chi connectivity index (χ1n) is 10.4. The van der Waals surface area contributed by atoms with Crippen LogP contribution in [-0.2, 0) is 17.6 Å². The number of carbonyl (C=O) groups is 1. The van der Waals surface area contributed by atoms with Gasteiger partial charge in [-0.3, -0.25) is 0 Å². The van der Waals surface area contributed by atoms with Crippen LogP contribution in [0, 0.1) is 0 Å². The van der Waals surface area contributed by atoms with E-state index in [9.17, 15) is 9.59 Å². The van der Waals surface area contributed by atoms with Gasteiger partial charge in [-0.1, -0.05) is 58.3 Å². The summed E-state index contributed by atoms with van der Waals surface area (Å²) in [5.41, 5.74) is 0.432. The van der Waals surface area contributed by atoms with Gasteiger partial charge in [0.05, 0.1) is 12.7 Å². The van der Waals surface area contributed by atoms with E-state index in [1.165, 1.54) is 25.7 Å². The minimum absolute atomic E-state index is 0.237. The molecule has 0 fully saturated rings. The Labute approximate surface area is 158 Å². The number of hydrogen-bond acceptors (Lipinski definition) is 4. The second kappa shape index (κ2) is 14.6. The van der Waals surface area contributed by atoms with Crippen LogP contribution in [0.4, 0.5) is 0 Å². The monoisotopic (exact) mass is 364 g/mol. The lowest BCUT2D eigenvalue weighted by Crippen LogP contribution is -2.11. The Kier molecular flexibility index (Phi) is 12.6. The molecule has 0 atom stereocenters. The summed E-state index contributed by atoms with van der Waals surface area (Å²) in [5.74, 6) is 1.41. The molecule has 0 unspecified atom stereocenters. The topological polar surface area (TPSA) is 56.5 Å². The number of aldehydes is 1. The van der Waals surface area contributed by atoms with E-state index in [0.29, 0.717) is 24.2 Å². The molecule has 4 nitrogen and oxygen atoms in total. The average molecular weight is 365 g/mol. The van der Waals surface area contributed by atoms with E-state index >= 15 is 0 Å². The van der Waals surface area contributed by atoms with E-state index in [0.717, 1.165) is 63.4 Å². The molecule has 0 N–H and O–H groups in total. The number of hydrogen-bond donors (Lipinski definition) is 0. The van der Waals surface area contributed by atoms with Crippen molar-refractivity contribution in [1.29, 1.82) is 0 Å². The Morgan fingerprint density at radius 3 is 2.19 bits per heavy atom. The summed E-state index contributed by atoms with van der Waals surface area (Å²) in [6.45, 7) is 2.20. The lowest BCUT2D eigenvalue weighted by atomic mass is 10.0. The molecule has 0 saturated heterocycles. The van der Waals surface area contributed by atoms with Crippen molar-refractivity contribution in [2.45, 2.75) is 96.8 Å². The predicted molar refractivity (Wildman–Crippen MR) is 106 cm³/mol. The van der Waals surface area contributed by atoms with Crippen molar-refractivity contribution in [3.8, 4) is 5.75 Å². The van der Waals surface area contributed by atoms with Crippen LogP contribution in [0.1, 0.15) is 95.3 Å². The van der Waals surface area contributed by atoms with Gasteiger partial charge in [0.2, 0.25) is 0 Å². The van der Waals surface area contributed by atoms with E-state index in [1.807, 2.05) is 6.07 Å². The summed E-state index contributed by atoms with van der Waals surface area (Å²) < 4.78 is 11.0. The first-order chi connectivity index (χ1) is 12.7. The molecule has 148 valence electrons. The smallest absolute Gasteiger partial charge is 0.342 e. The largest absolute Gasteiger partial charge is 0.496 e. The highest BCUT2D eigenvalue weighted by atomic mass is 16.5. The maximum atomic E-state index is 12.3. The zero-order chi connectivity index (χ0) is 19.0. The summed E-state index contributed by atoms with van der Waals surface area (Å²) in [7, 11) is 1.62. The molecular weight excluding hydrogens is 328 g/mol. The first-order valence-corrected chi connectivity index (χ1v) is 10.4. The molecule has 0 amide bonds. The Bertz CT molecular complexity index is 548. The number of ether oxygens (including phenoxy) is 1. The van der Waals surface area contributed by atoms with E-state index in [-0.39, 0.29) is 5.63 Å². The number of carbonyl (C=O) groups excluding carboxylic acids is 1. The molecule has 0 aliphatic heterocycles. The van der Waals surface area contributed by atoms with Crippen molar-refractivity contribution in [2.75, 3.05) is 7.11 Å². The highest BCUT2D eigenvalue weighted by Crippen LogP contribution is 2.21. The summed E-state index contributed by atoms with van der Waals surface area (Å²) in [5, 5.41) is 0. The van der Waals surface area contributed by atoms with Gasteiger partial charge in [-0.25, -0.2) is 4.79 Å². The van der Waals surface area contributed by atoms with Crippen LogP contribution in [0.3, 0.4) is 0 Å². The lowest BCUT2D eigenvalue weighted by Gasteiger charge is -2.09. The molecule has 0 aliphatic carbocycles. The maximum Gasteiger partial charge on any atom is 0.342 e. The molecule has 26 heavy (non-hydrogen) atoms. The van der Waals surface area contributed by atoms with Crippen molar-refractivity contribution in [1.82, 2.24) is 0 Å². The summed E-state index contributed by atoms with van der Waals surface area (Å²) >= 11 is 0. The van der Waals surface area contributed by atoms with Gasteiger partial charge in [0.1, 0.15) is 17.8 Å². The second-order valence-electron chi connectivity index (χ2n) is 7.04. The molecule has 4 heteroatoms. The number of aryl methyl sites for hydroxylation is 1. The minimum atomic E-state index is -0.237. The van der Waals surface area contributed by atoms with Gasteiger partial charge in [0.25, 0.3) is 0 Å². The Balaban J connectivity index is 2.40. The molecule has 0 saturated carbocycles. The molecule has 0 radical (unpaired) electrons. The van der Waals surface area contributed by atoms with Gasteiger partial charge >= 0.3 is 5.63 Å². The van der Waals surface area contributed by atoms with Gasteiger partial charge in [0, 0.05) is 18.9 Å². The molecule has 0 bridgehead atoms. The molecule has 0 aliphatic rings. The van der Waals surface area contributed by atoms with Crippen LogP contribution in [0.15, 0.2) is 15.3 Å². The van der Waals surface area contributed by atoms with Crippen molar-refractivity contribution in [2.24, 2.45) is 0 Å². The zero-order valence-electron chi connectivity index (χ0n) is 16.7. The standard InChI is InChI=1S/C22H36O4/c1-3-4-5-9-12-15-19-18-21(25-2)20(22(24)26-19)16-13-10-7-6-8-11-14-17-23/h17-18H,3-16H2,1-2H3. The van der Waals surface area contributed by atoms with Gasteiger partial charge in [-0.2, -0.15) is 0 Å². The van der Waals surface area contributed by atoms with Crippen molar-refractivity contribution >= 4 is 6.29 Å². The van der Waals surface area contributed by atoms with E-state index < -0.39 is 0 Å². The summed E-state index contributed by atoms with van der Waals surface area (Å²) in [6, 6.07) is 1.90. The van der Waals surface area contributed by atoms with Crippen molar-refractivity contribution in [3.05, 3.63) is 27.8 Å². The van der Waals surface area contributed by atoms with E-state index in [4.69, 9.17) is 9.15 Å². The normalized spacial score (nSPS) is 10.8. The molecule has 1 rings (SSSR count). The van der Waals surface area contributed by atoms with E-state index in [2.05, 4.69) is 6.92 Å². The molecule has 1 heterocycles. The van der Waals surface area contributed by atoms with Gasteiger partial charge < -0.3 is 13.9 Å². The Morgan fingerprint density at radius 2 is 1.54 bits per heavy atom. The SMILES string of the molecule is CCCCCCCc1cc(OC)c(CCCCCCCCC=O)c(=O)o1. The fraction of sp³-hybridized carbons (Fsp3) is 0.727. The molecule has 0 aromatic carbocycles. The Morgan fingerprint density at radius 1 is 0.923 bits per heavy atom. The van der Waals surface area contributed by atoms with Crippen LogP contribution in [0.25, 0.3) is 0 Å². The lowest BCUT2D eigenvalue weighted by molar-refractivity contribution is -0.107. The van der Waals surface area contributed by atoms with Crippen molar-refractivity contribution < 1.29 is 13.9 Å². The highest BCUT2D eigenvalue weighted by Gasteiger charge is 2.12. The number of rotatable bonds is 16. The van der Waals surface area contributed by atoms with Crippen LogP contribution < -0.4 is 10.4 Å². The van der Waals surface area contributed by atoms with Crippen LogP contribution >= 0.6 is 0 Å². The third-order valence-corrected chi connectivity index (χ3v) is 4.81. The quantitative estimate of drug-likeness (QED) is 0.282. The molecule has 1 aromatic rings. The molecule has 1 aromatic heterocycles. The minimum Gasteiger partial charge on any atom is -0.496 e. The van der Waals surface area contributed by atoms with Crippen LogP contribution in [0.5, 0.6) is 5.75 Å². The second-order valence-corrected chi connectivity index (χ2v) is 7.04. The van der Waals surface area contributed by atoms with Crippen LogP contribution in [-0.4, -0.2) is 13.4 Å². The van der Waals surface area contributed by atoms with Gasteiger partial charge in [-0.15, -0.1) is 0 Å². The third-order valence-electron chi connectivity index (χ3n) is 4.81. The predicted octanol–water partition coefficient (Wildman–Crippen LogP) is 5.63. The highest BCUT2D eigenvalue weighted by molar-refractivity contribution is 5.48. The third kappa shape index (κ3) is 9.21. The fourth-order valence-electron chi connectivity index (χ4n) is 3.21. The molecule has 0 spiro atoms. The van der Waals surface area contributed by atoms with Gasteiger partial charge in [0.15, 0.2) is 0 Å². The number of unbranched alkanes of at least 4 members (excludes halogenated alkanes) is 10. The van der Waals surface area contributed by atoms with Crippen molar-refractivity contribution in [3.63, 3.8) is 0 Å². The summed E-state index contributed by atoms with van der Waals surface area (Å²) in [6.07, 6.45) is 15.6. The summed E-state index contributed by atoms with van der Waals surface area (Å²) in [4.78, 5) is 22.6. The van der Waals surface area contributed by atoms with E-state index in [1.54, 1.807) is 7.11 Å². The number of methoxy groups -OCH3 is 1. The maximum absolute atomic E-state index is 12.3.